The number of nitrogens with zero attached hydrogens (tertiary/aromatic N) is 4. The Kier molecular flexibility index (Phi) is 22.2. The number of benzene rings is 3. The molecule has 5 N–H and O–H groups in total. The number of aliphatic carboxylic acids is 1. The fraction of sp³-hybridized carbons (Fsp3) is 0.432. The molecule has 1 heterocycles. The summed E-state index contributed by atoms with van der Waals surface area (Å²) in [5, 5.41) is 26.0. The van der Waals surface area contributed by atoms with Gasteiger partial charge in [0.2, 0.25) is 11.8 Å². The predicted molar refractivity (Wildman–Crippen MR) is 233 cm³/mol. The Bertz CT molecular complexity index is 2060. The Morgan fingerprint density at radius 3 is 2.05 bits per heavy atom. The van der Waals surface area contributed by atoms with Gasteiger partial charge in [-0.3, -0.25) is 19.2 Å². The van der Waals surface area contributed by atoms with Crippen LogP contribution in [0.5, 0.6) is 0 Å². The van der Waals surface area contributed by atoms with Crippen LogP contribution < -0.4 is 21.3 Å². The number of ether oxygens (including phenoxy) is 5. The summed E-state index contributed by atoms with van der Waals surface area (Å²) in [7, 11) is 0. The lowest BCUT2D eigenvalue weighted by Crippen LogP contribution is -2.39. The third kappa shape index (κ3) is 18.2. The summed E-state index contributed by atoms with van der Waals surface area (Å²) in [5.41, 5.74) is 12.1. The van der Waals surface area contributed by atoms with Gasteiger partial charge in [0.15, 0.2) is 0 Å². The van der Waals surface area contributed by atoms with Gasteiger partial charge in [-0.15, -0.1) is 0 Å². The fourth-order valence-electron chi connectivity index (χ4n) is 6.15. The minimum atomic E-state index is -1.09. The molecule has 1 atom stereocenters. The van der Waals surface area contributed by atoms with Crippen molar-refractivity contribution in [2.75, 3.05) is 97.6 Å². The number of hydrogen-bond acceptors (Lipinski definition) is 12. The first-order valence-electron chi connectivity index (χ1n) is 20.5. The number of rotatable bonds is 31. The molecule has 332 valence electrons. The van der Waals surface area contributed by atoms with Gasteiger partial charge in [-0.25, -0.2) is 4.98 Å². The van der Waals surface area contributed by atoms with Crippen molar-refractivity contribution in [1.82, 2.24) is 20.9 Å². The van der Waals surface area contributed by atoms with Crippen LogP contribution in [0.25, 0.3) is 32.3 Å². The maximum atomic E-state index is 13.2. The summed E-state index contributed by atoms with van der Waals surface area (Å²) in [6.45, 7) is 6.80. The fourth-order valence-corrected chi connectivity index (χ4v) is 6.15. The molecule has 3 aromatic carbocycles. The third-order valence-electron chi connectivity index (χ3n) is 9.17. The summed E-state index contributed by atoms with van der Waals surface area (Å²) < 4.78 is 27.2. The average molecular weight is 857 g/mol. The number of fused-ring (bicyclic) bond motifs is 1. The van der Waals surface area contributed by atoms with Crippen LogP contribution in [0.2, 0.25) is 0 Å². The van der Waals surface area contributed by atoms with Crippen LogP contribution in [0.15, 0.2) is 84.1 Å². The zero-order valence-electron chi connectivity index (χ0n) is 35.0. The van der Waals surface area contributed by atoms with Gasteiger partial charge < -0.3 is 50.1 Å². The van der Waals surface area contributed by atoms with Crippen molar-refractivity contribution in [3.05, 3.63) is 106 Å². The molecule has 18 nitrogen and oxygen atoms in total. The van der Waals surface area contributed by atoms with Crippen molar-refractivity contribution >= 4 is 40.3 Å². The predicted octanol–water partition coefficient (Wildman–Crippen LogP) is 4.97. The lowest BCUT2D eigenvalue weighted by molar-refractivity contribution is -0.138. The van der Waals surface area contributed by atoms with Crippen LogP contribution in [-0.4, -0.2) is 126 Å². The van der Waals surface area contributed by atoms with E-state index in [1.807, 2.05) is 61.5 Å². The van der Waals surface area contributed by atoms with E-state index in [2.05, 4.69) is 36.3 Å². The maximum Gasteiger partial charge on any atom is 0.305 e. The Labute approximate surface area is 360 Å². The lowest BCUT2D eigenvalue weighted by Gasteiger charge is -2.19. The van der Waals surface area contributed by atoms with Crippen molar-refractivity contribution in [3.63, 3.8) is 0 Å². The van der Waals surface area contributed by atoms with Crippen molar-refractivity contribution < 1.29 is 48.0 Å². The van der Waals surface area contributed by atoms with Gasteiger partial charge in [-0.1, -0.05) is 59.7 Å². The first-order valence-corrected chi connectivity index (χ1v) is 20.5. The Hall–Kier alpha value is -6.14. The number of azide groups is 1. The first-order chi connectivity index (χ1) is 30.2. The average Bonchev–Trinajstić information content (AvgIpc) is 3.27. The number of aryl methyl sites for hydroxylation is 1. The first kappa shape index (κ1) is 48.5. The standard InChI is InChI=1S/C44H56N8O10/c1-32-14-16-47-40(29-32)46-15-4-7-41(53)49-31-42(54)51-39(30-43(55)56)34-10-8-33(9-11-34)35-12-13-38(37-6-3-2-5-36(35)37)44(57)48-17-19-58-21-23-60-25-27-62-28-26-61-24-22-59-20-18-50-52-45/h2-3,5-6,8-14,16,29,39H,4,7,15,17-28,30-31H2,1H3,(H,46,47)(H,48,57)(H,49,53)(H,51,54)(H,55,56)/t39-/m0/s1. The minimum absolute atomic E-state index is 0.207. The highest BCUT2D eigenvalue weighted by Gasteiger charge is 2.20. The number of anilines is 1. The van der Waals surface area contributed by atoms with E-state index in [0.717, 1.165) is 33.3 Å². The van der Waals surface area contributed by atoms with Crippen molar-refractivity contribution in [1.29, 1.82) is 0 Å². The molecule has 0 fully saturated rings. The maximum absolute atomic E-state index is 13.2. The van der Waals surface area contributed by atoms with Crippen molar-refractivity contribution in [2.45, 2.75) is 32.2 Å². The highest BCUT2D eigenvalue weighted by Crippen LogP contribution is 2.32. The number of carboxylic acid groups (broad SMARTS) is 1. The zero-order chi connectivity index (χ0) is 44.2. The van der Waals surface area contributed by atoms with Gasteiger partial charge in [-0.2, -0.15) is 0 Å². The number of pyridine rings is 1. The topological polar surface area (TPSA) is 244 Å². The molecule has 0 aliphatic carbocycles. The number of carbonyl (C=O) groups excluding carboxylic acids is 3. The van der Waals surface area contributed by atoms with Crippen molar-refractivity contribution in [2.24, 2.45) is 5.11 Å². The molecule has 18 heteroatoms. The van der Waals surface area contributed by atoms with Gasteiger partial charge >= 0.3 is 5.97 Å². The monoisotopic (exact) mass is 856 g/mol. The molecule has 0 spiro atoms. The lowest BCUT2D eigenvalue weighted by atomic mass is 9.93. The Balaban J connectivity index is 1.16. The van der Waals surface area contributed by atoms with E-state index in [1.165, 1.54) is 0 Å². The van der Waals surface area contributed by atoms with Crippen molar-refractivity contribution in [3.8, 4) is 11.1 Å². The third-order valence-corrected chi connectivity index (χ3v) is 9.17. The summed E-state index contributed by atoms with van der Waals surface area (Å²) in [6, 6.07) is 21.4. The van der Waals surface area contributed by atoms with E-state index in [1.54, 1.807) is 24.4 Å². The highest BCUT2D eigenvalue weighted by molar-refractivity contribution is 6.11. The van der Waals surface area contributed by atoms with Crippen LogP contribution in [0.4, 0.5) is 5.82 Å². The second-order valence-electron chi connectivity index (χ2n) is 13.8. The molecule has 0 aliphatic heterocycles. The SMILES string of the molecule is Cc1ccnc(NCCCC(=O)NCC(=O)N[C@@H](CC(=O)O)c2ccc(-c3ccc(C(=O)NCCOCCOCCOCCOCCOCCN=[N+]=[N-])c4ccccc34)cc2)c1. The van der Waals surface area contributed by atoms with E-state index >= 15 is 0 Å². The molecule has 0 bridgehead atoms. The molecule has 1 aromatic heterocycles. The molecular formula is C44H56N8O10. The summed E-state index contributed by atoms with van der Waals surface area (Å²) in [5.74, 6) is -1.39. The minimum Gasteiger partial charge on any atom is -0.481 e. The summed E-state index contributed by atoms with van der Waals surface area (Å²) in [4.78, 5) is 57.0. The largest absolute Gasteiger partial charge is 0.481 e. The van der Waals surface area contributed by atoms with Crippen LogP contribution in [0, 0.1) is 6.92 Å². The number of carbonyl (C=O) groups is 4. The zero-order valence-corrected chi connectivity index (χ0v) is 35.0. The smallest absolute Gasteiger partial charge is 0.305 e. The molecule has 0 saturated heterocycles. The molecular weight excluding hydrogens is 801 g/mol. The second-order valence-corrected chi connectivity index (χ2v) is 13.8. The van der Waals surface area contributed by atoms with Gasteiger partial charge in [0, 0.05) is 42.7 Å². The van der Waals surface area contributed by atoms with E-state index < -0.39 is 17.9 Å². The highest BCUT2D eigenvalue weighted by atomic mass is 16.6. The quantitative estimate of drug-likeness (QED) is 0.0195. The van der Waals surface area contributed by atoms with Crippen LogP contribution in [0.1, 0.15) is 46.8 Å². The van der Waals surface area contributed by atoms with Gasteiger partial charge in [-0.05, 0) is 70.1 Å². The van der Waals surface area contributed by atoms with E-state index in [4.69, 9.17) is 29.2 Å². The number of carboxylic acids is 1. The molecule has 0 saturated carbocycles. The van der Waals surface area contributed by atoms with E-state index in [-0.39, 0.29) is 31.2 Å². The molecule has 62 heavy (non-hydrogen) atoms. The molecule has 0 unspecified atom stereocenters. The Morgan fingerprint density at radius 1 is 0.758 bits per heavy atom. The van der Waals surface area contributed by atoms with Crippen LogP contribution in [0.3, 0.4) is 0 Å². The molecule has 3 amide bonds. The summed E-state index contributed by atoms with van der Waals surface area (Å²) >= 11 is 0. The second kappa shape index (κ2) is 28.4. The molecule has 4 rings (SSSR count). The van der Waals surface area contributed by atoms with E-state index in [9.17, 15) is 24.3 Å². The normalized spacial score (nSPS) is 11.4. The number of aromatic nitrogens is 1. The number of nitrogens with one attached hydrogen (secondary N) is 4. The summed E-state index contributed by atoms with van der Waals surface area (Å²) in [6.07, 6.45) is 2.10. The van der Waals surface area contributed by atoms with Crippen LogP contribution in [-0.2, 0) is 38.1 Å². The van der Waals surface area contributed by atoms with E-state index in [0.29, 0.717) is 103 Å². The van der Waals surface area contributed by atoms with Gasteiger partial charge in [0.05, 0.1) is 85.1 Å². The molecule has 0 aliphatic rings. The van der Waals surface area contributed by atoms with Gasteiger partial charge in [0.1, 0.15) is 5.82 Å². The molecule has 4 aromatic rings. The van der Waals surface area contributed by atoms with Gasteiger partial charge in [0.25, 0.3) is 5.91 Å². The molecule has 0 radical (unpaired) electrons. The Morgan fingerprint density at radius 2 is 1.40 bits per heavy atom. The number of amides is 3. The van der Waals surface area contributed by atoms with Crippen LogP contribution >= 0.6 is 0 Å². The number of hydrogen-bond donors (Lipinski definition) is 5.